The fourth-order valence-electron chi connectivity index (χ4n) is 2.58. The van der Waals surface area contributed by atoms with Crippen molar-refractivity contribution in [1.29, 1.82) is 0 Å². The van der Waals surface area contributed by atoms with E-state index in [-0.39, 0.29) is 17.9 Å². The van der Waals surface area contributed by atoms with E-state index in [0.29, 0.717) is 5.39 Å². The van der Waals surface area contributed by atoms with Crippen LogP contribution in [0.1, 0.15) is 17.3 Å². The first-order chi connectivity index (χ1) is 10.7. The molecule has 0 saturated carbocycles. The molecule has 3 rings (SSSR count). The second kappa shape index (κ2) is 5.90. The standard InChI is InChI=1S/C19H16O3/c1-2-22-19(21)17-12-16(13-8-4-3-5-9-13)14-10-6-7-11-15(14)18(17)20/h3-12,20H,2H2,1H3. The summed E-state index contributed by atoms with van der Waals surface area (Å²) >= 11 is 0. The molecule has 0 aliphatic heterocycles. The Balaban J connectivity index is 2.31. The summed E-state index contributed by atoms with van der Waals surface area (Å²) in [7, 11) is 0. The molecule has 0 atom stereocenters. The molecule has 110 valence electrons. The van der Waals surface area contributed by atoms with Gasteiger partial charge in [0.1, 0.15) is 11.3 Å². The second-order valence-corrected chi connectivity index (χ2v) is 4.95. The van der Waals surface area contributed by atoms with Crippen LogP contribution in [0.2, 0.25) is 0 Å². The number of carbonyl (C=O) groups is 1. The third-order valence-corrected chi connectivity index (χ3v) is 3.60. The maximum Gasteiger partial charge on any atom is 0.341 e. The number of aromatic hydroxyl groups is 1. The third kappa shape index (κ3) is 2.42. The number of phenolic OH excluding ortho intramolecular Hbond substituents is 1. The number of hydrogen-bond donors (Lipinski definition) is 1. The van der Waals surface area contributed by atoms with E-state index in [2.05, 4.69) is 0 Å². The van der Waals surface area contributed by atoms with Gasteiger partial charge in [0.05, 0.1) is 6.61 Å². The second-order valence-electron chi connectivity index (χ2n) is 4.95. The molecule has 0 saturated heterocycles. The van der Waals surface area contributed by atoms with Crippen LogP contribution in [0.4, 0.5) is 0 Å². The van der Waals surface area contributed by atoms with Crippen molar-refractivity contribution in [3.05, 3.63) is 66.2 Å². The van der Waals surface area contributed by atoms with Gasteiger partial charge in [-0.05, 0) is 29.5 Å². The van der Waals surface area contributed by atoms with Crippen LogP contribution in [0.25, 0.3) is 21.9 Å². The van der Waals surface area contributed by atoms with Crippen LogP contribution in [0.5, 0.6) is 5.75 Å². The van der Waals surface area contributed by atoms with Crippen LogP contribution in [-0.2, 0) is 4.74 Å². The van der Waals surface area contributed by atoms with Crippen LogP contribution in [0, 0.1) is 0 Å². The van der Waals surface area contributed by atoms with Gasteiger partial charge < -0.3 is 9.84 Å². The van der Waals surface area contributed by atoms with Crippen molar-refractivity contribution < 1.29 is 14.6 Å². The monoisotopic (exact) mass is 292 g/mol. The molecule has 0 unspecified atom stereocenters. The zero-order valence-electron chi connectivity index (χ0n) is 12.2. The number of rotatable bonds is 3. The van der Waals surface area contributed by atoms with E-state index in [1.807, 2.05) is 48.5 Å². The van der Waals surface area contributed by atoms with Gasteiger partial charge in [-0.15, -0.1) is 0 Å². The van der Waals surface area contributed by atoms with Gasteiger partial charge in [-0.1, -0.05) is 54.6 Å². The first-order valence-electron chi connectivity index (χ1n) is 7.19. The van der Waals surface area contributed by atoms with Crippen LogP contribution < -0.4 is 0 Å². The van der Waals surface area contributed by atoms with Gasteiger partial charge in [0.2, 0.25) is 0 Å². The third-order valence-electron chi connectivity index (χ3n) is 3.60. The molecule has 0 bridgehead atoms. The maximum atomic E-state index is 12.1. The van der Waals surface area contributed by atoms with Crippen molar-refractivity contribution in [3.63, 3.8) is 0 Å². The molecular weight excluding hydrogens is 276 g/mol. The van der Waals surface area contributed by atoms with E-state index in [9.17, 15) is 9.90 Å². The highest BCUT2D eigenvalue weighted by Gasteiger charge is 2.18. The molecule has 0 heterocycles. The molecule has 3 nitrogen and oxygen atoms in total. The summed E-state index contributed by atoms with van der Waals surface area (Å²) in [5, 5.41) is 12.0. The zero-order valence-corrected chi connectivity index (χ0v) is 12.2. The summed E-state index contributed by atoms with van der Waals surface area (Å²) in [5.41, 5.74) is 2.08. The van der Waals surface area contributed by atoms with Crippen LogP contribution in [0.3, 0.4) is 0 Å². The fourth-order valence-corrected chi connectivity index (χ4v) is 2.58. The van der Waals surface area contributed by atoms with E-state index in [4.69, 9.17) is 4.74 Å². The predicted molar refractivity (Wildman–Crippen MR) is 87.0 cm³/mol. The van der Waals surface area contributed by atoms with Gasteiger partial charge in [0, 0.05) is 5.39 Å². The fraction of sp³-hybridized carbons (Fsp3) is 0.105. The van der Waals surface area contributed by atoms with Gasteiger partial charge in [0.15, 0.2) is 0 Å². The maximum absolute atomic E-state index is 12.1. The smallest absolute Gasteiger partial charge is 0.341 e. The van der Waals surface area contributed by atoms with Gasteiger partial charge in [-0.2, -0.15) is 0 Å². The van der Waals surface area contributed by atoms with Crippen LogP contribution >= 0.6 is 0 Å². The van der Waals surface area contributed by atoms with Gasteiger partial charge >= 0.3 is 5.97 Å². The molecule has 0 radical (unpaired) electrons. The molecule has 22 heavy (non-hydrogen) atoms. The number of esters is 1. The number of hydrogen-bond acceptors (Lipinski definition) is 3. The minimum atomic E-state index is -0.511. The number of carbonyl (C=O) groups excluding carboxylic acids is 1. The number of ether oxygens (including phenoxy) is 1. The summed E-state index contributed by atoms with van der Waals surface area (Å²) in [6, 6.07) is 19.0. The normalized spacial score (nSPS) is 10.6. The van der Waals surface area contributed by atoms with Crippen molar-refractivity contribution in [2.24, 2.45) is 0 Å². The summed E-state index contributed by atoms with van der Waals surface area (Å²) in [6.07, 6.45) is 0. The van der Waals surface area contributed by atoms with Crippen LogP contribution in [0.15, 0.2) is 60.7 Å². The number of fused-ring (bicyclic) bond motifs is 1. The molecule has 0 amide bonds. The Hall–Kier alpha value is -2.81. The topological polar surface area (TPSA) is 46.5 Å². The quantitative estimate of drug-likeness (QED) is 0.728. The molecule has 0 aliphatic carbocycles. The number of benzene rings is 3. The Morgan fingerprint density at radius 3 is 2.32 bits per heavy atom. The number of phenols is 1. The van der Waals surface area contributed by atoms with E-state index < -0.39 is 5.97 Å². The first-order valence-corrected chi connectivity index (χ1v) is 7.19. The van der Waals surface area contributed by atoms with E-state index >= 15 is 0 Å². The lowest BCUT2D eigenvalue weighted by Crippen LogP contribution is -2.05. The van der Waals surface area contributed by atoms with Crippen LogP contribution in [-0.4, -0.2) is 17.7 Å². The minimum Gasteiger partial charge on any atom is -0.506 e. The Bertz CT molecular complexity index is 823. The summed E-state index contributed by atoms with van der Waals surface area (Å²) in [6.45, 7) is 2.01. The lowest BCUT2D eigenvalue weighted by Gasteiger charge is -2.12. The Morgan fingerprint density at radius 2 is 1.64 bits per heavy atom. The van der Waals surface area contributed by atoms with Crippen molar-refractivity contribution in [3.8, 4) is 16.9 Å². The lowest BCUT2D eigenvalue weighted by molar-refractivity contribution is 0.0523. The average molecular weight is 292 g/mol. The molecule has 0 aromatic heterocycles. The average Bonchev–Trinajstić information content (AvgIpc) is 2.56. The largest absolute Gasteiger partial charge is 0.506 e. The van der Waals surface area contributed by atoms with Crippen molar-refractivity contribution in [2.75, 3.05) is 6.61 Å². The summed E-state index contributed by atoms with van der Waals surface area (Å²) < 4.78 is 5.05. The summed E-state index contributed by atoms with van der Waals surface area (Å²) in [4.78, 5) is 12.1. The molecule has 3 heteroatoms. The van der Waals surface area contributed by atoms with E-state index in [0.717, 1.165) is 16.5 Å². The van der Waals surface area contributed by atoms with E-state index in [1.54, 1.807) is 19.1 Å². The Kier molecular flexibility index (Phi) is 3.79. The Morgan fingerprint density at radius 1 is 1.00 bits per heavy atom. The molecular formula is C19H16O3. The lowest BCUT2D eigenvalue weighted by atomic mass is 9.94. The molecule has 0 spiro atoms. The molecule has 0 fully saturated rings. The first kappa shape index (κ1) is 14.1. The molecule has 0 aliphatic rings. The SMILES string of the molecule is CCOC(=O)c1cc(-c2ccccc2)c2ccccc2c1O. The van der Waals surface area contributed by atoms with Crippen molar-refractivity contribution in [1.82, 2.24) is 0 Å². The predicted octanol–water partition coefficient (Wildman–Crippen LogP) is 4.39. The molecule has 1 N–H and O–H groups in total. The van der Waals surface area contributed by atoms with Crippen molar-refractivity contribution >= 4 is 16.7 Å². The van der Waals surface area contributed by atoms with E-state index in [1.165, 1.54) is 0 Å². The summed E-state index contributed by atoms with van der Waals surface area (Å²) in [5.74, 6) is -0.545. The van der Waals surface area contributed by atoms with Gasteiger partial charge in [0.25, 0.3) is 0 Å². The highest BCUT2D eigenvalue weighted by Crippen LogP contribution is 2.37. The van der Waals surface area contributed by atoms with Gasteiger partial charge in [-0.3, -0.25) is 0 Å². The molecule has 3 aromatic rings. The highest BCUT2D eigenvalue weighted by molar-refractivity contribution is 6.07. The minimum absolute atomic E-state index is 0.0336. The Labute approximate surface area is 128 Å². The van der Waals surface area contributed by atoms with Gasteiger partial charge in [-0.25, -0.2) is 4.79 Å². The van der Waals surface area contributed by atoms with Crippen molar-refractivity contribution in [2.45, 2.75) is 6.92 Å². The molecule has 3 aromatic carbocycles. The highest BCUT2D eigenvalue weighted by atomic mass is 16.5. The zero-order chi connectivity index (χ0) is 15.5.